The van der Waals surface area contributed by atoms with Crippen LogP contribution >= 0.6 is 0 Å². The van der Waals surface area contributed by atoms with Gasteiger partial charge in [0.1, 0.15) is 0 Å². The van der Waals surface area contributed by atoms with Crippen molar-refractivity contribution in [3.8, 4) is 0 Å². The highest BCUT2D eigenvalue weighted by atomic mass is 16.7. The molecule has 15 nitrogen and oxygen atoms in total. The number of hydrogen-bond acceptors (Lipinski definition) is 10. The Hall–Kier alpha value is -3.00. The Bertz CT molecular complexity index is 470. The molecule has 0 aliphatic rings. The van der Waals surface area contributed by atoms with Crippen LogP contribution < -0.4 is 0 Å². The normalized spacial score (nSPS) is 17.5. The van der Waals surface area contributed by atoms with Crippen molar-refractivity contribution in [3.63, 3.8) is 0 Å². The number of nitro groups is 5. The smallest absolute Gasteiger partial charge is 0.264 e. The first-order valence-electron chi connectivity index (χ1n) is 5.60. The molecule has 0 aromatic rings. The molecule has 124 valence electrons. The quantitative estimate of drug-likeness (QED) is 0.381. The third-order valence-corrected chi connectivity index (χ3v) is 3.08. The van der Waals surface area contributed by atoms with Gasteiger partial charge >= 0.3 is 18.1 Å². The van der Waals surface area contributed by atoms with Crippen molar-refractivity contribution < 1.29 is 24.6 Å². The first-order valence-corrected chi connectivity index (χ1v) is 5.60. The van der Waals surface area contributed by atoms with Gasteiger partial charge in [0.15, 0.2) is 0 Å². The van der Waals surface area contributed by atoms with Crippen LogP contribution in [0, 0.1) is 50.6 Å². The summed E-state index contributed by atoms with van der Waals surface area (Å²) >= 11 is 0. The summed E-state index contributed by atoms with van der Waals surface area (Å²) in [7, 11) is 0. The van der Waals surface area contributed by atoms with Gasteiger partial charge in [0.05, 0.1) is 0 Å². The lowest BCUT2D eigenvalue weighted by molar-refractivity contribution is -0.712. The average molecular weight is 325 g/mol. The second kappa shape index (κ2) is 7.14. The molecule has 0 N–H and O–H groups in total. The summed E-state index contributed by atoms with van der Waals surface area (Å²) in [5.74, 6) is 0. The summed E-state index contributed by atoms with van der Waals surface area (Å²) in [6, 6.07) is -12.2. The van der Waals surface area contributed by atoms with E-state index in [-0.39, 0.29) is 0 Å². The van der Waals surface area contributed by atoms with Gasteiger partial charge in [-0.2, -0.15) is 0 Å². The largest absolute Gasteiger partial charge is 0.358 e. The Morgan fingerprint density at radius 1 is 0.500 bits per heavy atom. The average Bonchev–Trinajstić information content (AvgIpc) is 2.35. The van der Waals surface area contributed by atoms with Crippen LogP contribution in [0.25, 0.3) is 0 Å². The molecule has 0 radical (unpaired) electrons. The maximum Gasteiger partial charge on any atom is 0.358 e. The minimum Gasteiger partial charge on any atom is -0.264 e. The number of nitrogens with zero attached hydrogens (tertiary/aromatic N) is 5. The zero-order valence-electron chi connectivity index (χ0n) is 11.2. The molecule has 0 aromatic carbocycles. The van der Waals surface area contributed by atoms with Crippen LogP contribution in [-0.2, 0) is 0 Å². The van der Waals surface area contributed by atoms with Gasteiger partial charge in [0.2, 0.25) is 0 Å². The van der Waals surface area contributed by atoms with Crippen molar-refractivity contribution in [3.05, 3.63) is 50.6 Å². The van der Waals surface area contributed by atoms with Gasteiger partial charge in [0.25, 0.3) is 12.1 Å². The highest BCUT2D eigenvalue weighted by Gasteiger charge is 2.64. The van der Waals surface area contributed by atoms with Crippen LogP contribution in [0.15, 0.2) is 0 Å². The summed E-state index contributed by atoms with van der Waals surface area (Å²) in [6.07, 6.45) is 0. The zero-order chi connectivity index (χ0) is 17.8. The lowest BCUT2D eigenvalue weighted by atomic mass is 9.92. The van der Waals surface area contributed by atoms with Crippen molar-refractivity contribution in [1.29, 1.82) is 0 Å². The van der Waals surface area contributed by atoms with Crippen LogP contribution in [0.2, 0.25) is 0 Å². The number of rotatable bonds is 9. The van der Waals surface area contributed by atoms with Crippen molar-refractivity contribution in [2.45, 2.75) is 44.1 Å². The predicted molar refractivity (Wildman–Crippen MR) is 65.3 cm³/mol. The fraction of sp³-hybridized carbons (Fsp3) is 1.00. The SMILES string of the molecule is CC(C(C(C(C(C)[N+](=O)[O-])[N+](=O)[O-])[N+](=O)[O-])[N+](=O)[O-])[N+](=O)[O-]. The standard InChI is InChI=1S/C7H11N5O10/c1-3(8(13)14)5(10(17)18)7(12(21)22)6(11(19)20)4(2)9(15)16/h3-7H,1-2H3. The fourth-order valence-electron chi connectivity index (χ4n) is 1.87. The molecular formula is C7H11N5O10. The molecule has 0 fully saturated rings. The van der Waals surface area contributed by atoms with Crippen LogP contribution in [0.3, 0.4) is 0 Å². The van der Waals surface area contributed by atoms with Gasteiger partial charge in [-0.1, -0.05) is 0 Å². The molecule has 22 heavy (non-hydrogen) atoms. The first-order chi connectivity index (χ1) is 9.93. The van der Waals surface area contributed by atoms with E-state index in [1.807, 2.05) is 0 Å². The van der Waals surface area contributed by atoms with Gasteiger partial charge in [-0.3, -0.25) is 50.6 Å². The minimum atomic E-state index is -2.73. The van der Waals surface area contributed by atoms with Crippen LogP contribution in [0.5, 0.6) is 0 Å². The Balaban J connectivity index is 6.07. The highest BCUT2D eigenvalue weighted by Crippen LogP contribution is 2.19. The Morgan fingerprint density at radius 3 is 0.864 bits per heavy atom. The zero-order valence-corrected chi connectivity index (χ0v) is 11.2. The van der Waals surface area contributed by atoms with E-state index in [4.69, 9.17) is 0 Å². The molecule has 0 saturated carbocycles. The molecule has 0 aromatic heterocycles. The van der Waals surface area contributed by atoms with Gasteiger partial charge in [0, 0.05) is 38.5 Å². The van der Waals surface area contributed by atoms with Gasteiger partial charge in [-0.15, -0.1) is 0 Å². The Labute approximate surface area is 120 Å². The van der Waals surface area contributed by atoms with Gasteiger partial charge < -0.3 is 0 Å². The molecule has 0 rings (SSSR count). The molecule has 0 heterocycles. The lowest BCUT2D eigenvalue weighted by Gasteiger charge is -2.18. The van der Waals surface area contributed by atoms with Crippen LogP contribution in [0.4, 0.5) is 0 Å². The Morgan fingerprint density at radius 2 is 0.727 bits per heavy atom. The van der Waals surface area contributed by atoms with E-state index in [0.29, 0.717) is 13.8 Å². The van der Waals surface area contributed by atoms with E-state index in [1.165, 1.54) is 0 Å². The van der Waals surface area contributed by atoms with Crippen molar-refractivity contribution in [2.75, 3.05) is 0 Å². The third-order valence-electron chi connectivity index (χ3n) is 3.08. The van der Waals surface area contributed by atoms with Crippen molar-refractivity contribution in [2.24, 2.45) is 0 Å². The van der Waals surface area contributed by atoms with E-state index in [2.05, 4.69) is 0 Å². The van der Waals surface area contributed by atoms with E-state index in [9.17, 15) is 50.6 Å². The van der Waals surface area contributed by atoms with E-state index >= 15 is 0 Å². The van der Waals surface area contributed by atoms with Gasteiger partial charge in [-0.05, 0) is 0 Å². The highest BCUT2D eigenvalue weighted by molar-refractivity contribution is 4.84. The Kier molecular flexibility index (Phi) is 6.16. The summed E-state index contributed by atoms with van der Waals surface area (Å²) in [5.41, 5.74) is 0. The van der Waals surface area contributed by atoms with Crippen molar-refractivity contribution in [1.82, 2.24) is 0 Å². The molecule has 0 amide bonds. The van der Waals surface area contributed by atoms with E-state index in [0.717, 1.165) is 0 Å². The topological polar surface area (TPSA) is 216 Å². The molecule has 4 unspecified atom stereocenters. The lowest BCUT2D eigenvalue weighted by Crippen LogP contribution is -2.60. The molecular weight excluding hydrogens is 314 g/mol. The summed E-state index contributed by atoms with van der Waals surface area (Å²) in [6.45, 7) is 1.33. The fourth-order valence-corrected chi connectivity index (χ4v) is 1.87. The number of hydrogen-bond donors (Lipinski definition) is 0. The molecule has 15 heteroatoms. The molecule has 0 bridgehead atoms. The minimum absolute atomic E-state index is 0.664. The van der Waals surface area contributed by atoms with E-state index in [1.54, 1.807) is 0 Å². The van der Waals surface area contributed by atoms with Crippen molar-refractivity contribution >= 4 is 0 Å². The maximum absolute atomic E-state index is 11.0. The van der Waals surface area contributed by atoms with Crippen LogP contribution in [0.1, 0.15) is 13.8 Å². The predicted octanol–water partition coefficient (Wildman–Crippen LogP) is -0.747. The molecule has 0 aliphatic heterocycles. The summed E-state index contributed by atoms with van der Waals surface area (Å²) in [5, 5.41) is 54.1. The van der Waals surface area contributed by atoms with E-state index < -0.39 is 54.8 Å². The third kappa shape index (κ3) is 4.00. The maximum atomic E-state index is 11.0. The van der Waals surface area contributed by atoms with Crippen LogP contribution in [-0.4, -0.2) is 54.8 Å². The summed E-state index contributed by atoms with van der Waals surface area (Å²) < 4.78 is 0. The molecule has 0 saturated heterocycles. The first kappa shape index (κ1) is 19.0. The van der Waals surface area contributed by atoms with Gasteiger partial charge in [-0.25, -0.2) is 0 Å². The summed E-state index contributed by atoms with van der Waals surface area (Å²) in [4.78, 5) is 47.4. The second-order valence-corrected chi connectivity index (χ2v) is 4.38. The molecule has 0 aliphatic carbocycles. The monoisotopic (exact) mass is 325 g/mol. The molecule has 0 spiro atoms. The second-order valence-electron chi connectivity index (χ2n) is 4.38. The molecule has 4 atom stereocenters.